The third kappa shape index (κ3) is 4.19. The maximum absolute atomic E-state index is 13.6. The molecule has 0 atom stereocenters. The van der Waals surface area contributed by atoms with E-state index in [1.54, 1.807) is 0 Å². The lowest BCUT2D eigenvalue weighted by Gasteiger charge is -2.09. The van der Waals surface area contributed by atoms with Crippen molar-refractivity contribution in [3.05, 3.63) is 75.1 Å². The van der Waals surface area contributed by atoms with Gasteiger partial charge >= 0.3 is 6.18 Å². The summed E-state index contributed by atoms with van der Waals surface area (Å²) >= 11 is 0. The summed E-state index contributed by atoms with van der Waals surface area (Å²) in [7, 11) is 0. The summed E-state index contributed by atoms with van der Waals surface area (Å²) in [6.45, 7) is 0. The molecular formula is C16H10F4N2O3. The number of primary amides is 1. The molecule has 0 unspecified atom stereocenters. The Hall–Kier alpha value is -3.23. The van der Waals surface area contributed by atoms with Gasteiger partial charge in [0.05, 0.1) is 10.5 Å². The minimum Gasteiger partial charge on any atom is -0.366 e. The number of amides is 1. The summed E-state index contributed by atoms with van der Waals surface area (Å²) < 4.78 is 51.3. The monoisotopic (exact) mass is 354 g/mol. The molecule has 2 aromatic rings. The SMILES string of the molecule is NC(=O)C(=Cc1ccc(C(F)(F)F)c(F)c1)c1ccc([N+](=O)[O-])cc1. The molecule has 0 bridgehead atoms. The standard InChI is InChI=1S/C16H10F4N2O3/c17-14-8-9(1-6-13(14)16(18,19)20)7-12(15(21)23)10-2-4-11(5-3-10)22(24)25/h1-8H,(H2,21,23). The van der Waals surface area contributed by atoms with E-state index in [1.807, 2.05) is 0 Å². The molecule has 2 rings (SSSR count). The second-order valence-electron chi connectivity index (χ2n) is 4.96. The van der Waals surface area contributed by atoms with E-state index in [4.69, 9.17) is 5.73 Å². The number of nitrogens with two attached hydrogens (primary N) is 1. The molecule has 2 N–H and O–H groups in total. The first-order valence-corrected chi connectivity index (χ1v) is 6.72. The molecule has 0 aliphatic carbocycles. The van der Waals surface area contributed by atoms with Crippen LogP contribution >= 0.6 is 0 Å². The highest BCUT2D eigenvalue weighted by molar-refractivity contribution is 6.23. The van der Waals surface area contributed by atoms with E-state index in [-0.39, 0.29) is 22.4 Å². The van der Waals surface area contributed by atoms with Crippen LogP contribution in [0.3, 0.4) is 0 Å². The van der Waals surface area contributed by atoms with Gasteiger partial charge in [-0.2, -0.15) is 13.2 Å². The number of nitrogens with zero attached hydrogens (tertiary/aromatic N) is 1. The third-order valence-electron chi connectivity index (χ3n) is 3.26. The summed E-state index contributed by atoms with van der Waals surface area (Å²) in [6.07, 6.45) is -3.73. The molecule has 130 valence electrons. The molecule has 5 nitrogen and oxygen atoms in total. The first-order valence-electron chi connectivity index (χ1n) is 6.72. The van der Waals surface area contributed by atoms with Crippen molar-refractivity contribution < 1.29 is 27.3 Å². The smallest absolute Gasteiger partial charge is 0.366 e. The molecule has 0 aliphatic rings. The number of carbonyl (C=O) groups is 1. The fourth-order valence-corrected chi connectivity index (χ4v) is 2.08. The highest BCUT2D eigenvalue weighted by Gasteiger charge is 2.33. The van der Waals surface area contributed by atoms with Gasteiger partial charge in [0, 0.05) is 17.7 Å². The van der Waals surface area contributed by atoms with Gasteiger partial charge in [0.1, 0.15) is 5.82 Å². The molecule has 0 saturated carbocycles. The van der Waals surface area contributed by atoms with Crippen molar-refractivity contribution in [1.82, 2.24) is 0 Å². The number of nitro benzene ring substituents is 1. The van der Waals surface area contributed by atoms with E-state index in [0.717, 1.165) is 24.3 Å². The number of nitro groups is 1. The van der Waals surface area contributed by atoms with Crippen LogP contribution in [0.15, 0.2) is 42.5 Å². The Kier molecular flexibility index (Phi) is 4.87. The number of halogens is 4. The Morgan fingerprint density at radius 2 is 1.72 bits per heavy atom. The quantitative estimate of drug-likeness (QED) is 0.298. The lowest BCUT2D eigenvalue weighted by atomic mass is 10.0. The lowest BCUT2D eigenvalue weighted by molar-refractivity contribution is -0.384. The Labute approximate surface area is 138 Å². The normalized spacial score (nSPS) is 12.1. The van der Waals surface area contributed by atoms with Crippen LogP contribution in [0.1, 0.15) is 16.7 Å². The number of benzene rings is 2. The van der Waals surface area contributed by atoms with Crippen LogP contribution in [-0.2, 0) is 11.0 Å². The molecule has 25 heavy (non-hydrogen) atoms. The lowest BCUT2D eigenvalue weighted by Crippen LogP contribution is -2.13. The average Bonchev–Trinajstić information content (AvgIpc) is 2.51. The zero-order chi connectivity index (χ0) is 18.8. The van der Waals surface area contributed by atoms with Gasteiger partial charge in [0.2, 0.25) is 5.91 Å². The molecule has 2 aromatic carbocycles. The number of hydrogen-bond donors (Lipinski definition) is 1. The fraction of sp³-hybridized carbons (Fsp3) is 0.0625. The molecule has 9 heteroatoms. The van der Waals surface area contributed by atoms with Gasteiger partial charge in [-0.25, -0.2) is 4.39 Å². The highest BCUT2D eigenvalue weighted by atomic mass is 19.4. The molecule has 0 aromatic heterocycles. The van der Waals surface area contributed by atoms with E-state index < -0.39 is 28.4 Å². The summed E-state index contributed by atoms with van der Waals surface area (Å²) in [5, 5.41) is 10.6. The molecule has 0 spiro atoms. The number of alkyl halides is 3. The Bertz CT molecular complexity index is 859. The molecule has 0 saturated heterocycles. The second-order valence-corrected chi connectivity index (χ2v) is 4.96. The average molecular weight is 354 g/mol. The minimum atomic E-state index is -4.84. The molecule has 0 heterocycles. The zero-order valence-electron chi connectivity index (χ0n) is 12.4. The van der Waals surface area contributed by atoms with Gasteiger partial charge in [-0.3, -0.25) is 14.9 Å². The largest absolute Gasteiger partial charge is 0.419 e. The van der Waals surface area contributed by atoms with Crippen molar-refractivity contribution >= 4 is 23.2 Å². The van der Waals surface area contributed by atoms with E-state index in [9.17, 15) is 32.5 Å². The fourth-order valence-electron chi connectivity index (χ4n) is 2.08. The molecule has 0 aliphatic heterocycles. The topological polar surface area (TPSA) is 86.2 Å². The molecule has 1 amide bonds. The third-order valence-corrected chi connectivity index (χ3v) is 3.26. The van der Waals surface area contributed by atoms with Crippen LogP contribution in [-0.4, -0.2) is 10.8 Å². The van der Waals surface area contributed by atoms with Gasteiger partial charge in [-0.15, -0.1) is 0 Å². The van der Waals surface area contributed by atoms with Gasteiger partial charge in [-0.1, -0.05) is 6.07 Å². The van der Waals surface area contributed by atoms with Crippen molar-refractivity contribution in [2.75, 3.05) is 0 Å². The van der Waals surface area contributed by atoms with Crippen molar-refractivity contribution in [2.24, 2.45) is 5.73 Å². The molecular weight excluding hydrogens is 344 g/mol. The van der Waals surface area contributed by atoms with Crippen LogP contribution in [0.5, 0.6) is 0 Å². The number of rotatable bonds is 4. The van der Waals surface area contributed by atoms with Crippen LogP contribution in [0.2, 0.25) is 0 Å². The van der Waals surface area contributed by atoms with E-state index in [2.05, 4.69) is 0 Å². The van der Waals surface area contributed by atoms with E-state index in [1.165, 1.54) is 12.1 Å². The predicted octanol–water partition coefficient (Wildman–Crippen LogP) is 3.78. The number of carbonyl (C=O) groups excluding carboxylic acids is 1. The van der Waals surface area contributed by atoms with Gasteiger partial charge in [-0.05, 0) is 41.5 Å². The maximum atomic E-state index is 13.6. The first-order chi connectivity index (χ1) is 11.6. The van der Waals surface area contributed by atoms with Crippen LogP contribution in [0.25, 0.3) is 11.6 Å². The Balaban J connectivity index is 2.45. The Morgan fingerprint density at radius 1 is 1.12 bits per heavy atom. The van der Waals surface area contributed by atoms with E-state index >= 15 is 0 Å². The van der Waals surface area contributed by atoms with E-state index in [0.29, 0.717) is 12.1 Å². The van der Waals surface area contributed by atoms with Gasteiger partial charge in [0.25, 0.3) is 5.69 Å². The molecule has 0 fully saturated rings. The summed E-state index contributed by atoms with van der Waals surface area (Å²) in [5.41, 5.74) is 3.65. The number of non-ortho nitro benzene ring substituents is 1. The highest BCUT2D eigenvalue weighted by Crippen LogP contribution is 2.32. The maximum Gasteiger partial charge on any atom is 0.419 e. The number of hydrogen-bond acceptors (Lipinski definition) is 3. The summed E-state index contributed by atoms with van der Waals surface area (Å²) in [6, 6.07) is 6.95. The van der Waals surface area contributed by atoms with Crippen molar-refractivity contribution in [3.63, 3.8) is 0 Å². The summed E-state index contributed by atoms with van der Waals surface area (Å²) in [5.74, 6) is -2.41. The first kappa shape index (κ1) is 18.1. The van der Waals surface area contributed by atoms with Crippen molar-refractivity contribution in [2.45, 2.75) is 6.18 Å². The van der Waals surface area contributed by atoms with Crippen LogP contribution in [0, 0.1) is 15.9 Å². The second kappa shape index (κ2) is 6.71. The summed E-state index contributed by atoms with van der Waals surface area (Å²) in [4.78, 5) is 21.6. The zero-order valence-corrected chi connectivity index (χ0v) is 12.4. The van der Waals surface area contributed by atoms with Gasteiger partial charge in [0.15, 0.2) is 0 Å². The Morgan fingerprint density at radius 3 is 2.16 bits per heavy atom. The molecule has 0 radical (unpaired) electrons. The van der Waals surface area contributed by atoms with Crippen LogP contribution in [0.4, 0.5) is 23.2 Å². The van der Waals surface area contributed by atoms with Crippen molar-refractivity contribution in [1.29, 1.82) is 0 Å². The predicted molar refractivity (Wildman–Crippen MR) is 81.6 cm³/mol. The van der Waals surface area contributed by atoms with Crippen molar-refractivity contribution in [3.8, 4) is 0 Å². The van der Waals surface area contributed by atoms with Crippen LogP contribution < -0.4 is 5.73 Å². The minimum absolute atomic E-state index is 0.0161. The van der Waals surface area contributed by atoms with Gasteiger partial charge < -0.3 is 5.73 Å².